The fourth-order valence-electron chi connectivity index (χ4n) is 2.03. The largest absolute Gasteiger partial charge is 0.271 e. The van der Waals surface area contributed by atoms with Gasteiger partial charge in [0.25, 0.3) is 0 Å². The number of hydrogen-bond donors (Lipinski definition) is 1. The SMILES string of the molecule is CCC(C)(CCBr)NS(=O)(=O)c1c(C)nn(C)c1C. The van der Waals surface area contributed by atoms with Crippen molar-refractivity contribution in [3.63, 3.8) is 0 Å². The summed E-state index contributed by atoms with van der Waals surface area (Å²) in [6.07, 6.45) is 1.47. The summed E-state index contributed by atoms with van der Waals surface area (Å²) in [6, 6.07) is 0. The molecule has 1 aromatic rings. The van der Waals surface area contributed by atoms with E-state index in [-0.39, 0.29) is 0 Å². The number of aryl methyl sites for hydroxylation is 2. The third-order valence-corrected chi connectivity index (χ3v) is 5.81. The molecule has 0 aliphatic heterocycles. The Balaban J connectivity index is 3.18. The number of sulfonamides is 1. The van der Waals surface area contributed by atoms with E-state index < -0.39 is 15.6 Å². The van der Waals surface area contributed by atoms with Crippen LogP contribution in [0, 0.1) is 13.8 Å². The fourth-order valence-corrected chi connectivity index (χ4v) is 4.85. The highest BCUT2D eigenvalue weighted by Gasteiger charge is 2.31. The predicted molar refractivity (Wildman–Crippen MR) is 80.1 cm³/mol. The van der Waals surface area contributed by atoms with Crippen LogP contribution in [0.3, 0.4) is 0 Å². The maximum atomic E-state index is 12.6. The maximum absolute atomic E-state index is 12.6. The Labute approximate surface area is 124 Å². The first-order valence-electron chi connectivity index (χ1n) is 6.27. The minimum Gasteiger partial charge on any atom is -0.271 e. The number of nitrogens with one attached hydrogen (secondary N) is 1. The van der Waals surface area contributed by atoms with Crippen molar-refractivity contribution in [3.05, 3.63) is 11.4 Å². The lowest BCUT2D eigenvalue weighted by Crippen LogP contribution is -2.45. The molecule has 5 nitrogen and oxygen atoms in total. The van der Waals surface area contributed by atoms with Crippen LogP contribution < -0.4 is 4.72 Å². The van der Waals surface area contributed by atoms with Crippen molar-refractivity contribution < 1.29 is 8.42 Å². The molecule has 1 atom stereocenters. The van der Waals surface area contributed by atoms with Crippen LogP contribution in [0.5, 0.6) is 0 Å². The van der Waals surface area contributed by atoms with Crippen LogP contribution in [0.4, 0.5) is 0 Å². The van der Waals surface area contributed by atoms with Gasteiger partial charge in [0.1, 0.15) is 4.90 Å². The minimum absolute atomic E-state index is 0.296. The van der Waals surface area contributed by atoms with Crippen LogP contribution in [0.25, 0.3) is 0 Å². The van der Waals surface area contributed by atoms with E-state index in [4.69, 9.17) is 0 Å². The molecule has 1 N–H and O–H groups in total. The molecule has 1 unspecified atom stereocenters. The molecule has 110 valence electrons. The third-order valence-electron chi connectivity index (χ3n) is 3.52. The highest BCUT2D eigenvalue weighted by atomic mass is 79.9. The van der Waals surface area contributed by atoms with Crippen molar-refractivity contribution in [2.45, 2.75) is 51.0 Å². The standard InChI is InChI=1S/C12H22BrN3O2S/c1-6-12(4,7-8-13)15-19(17,18)11-9(2)14-16(5)10(11)3/h15H,6-8H2,1-5H3. The molecule has 0 spiro atoms. The van der Waals surface area contributed by atoms with Crippen LogP contribution in [0.1, 0.15) is 38.1 Å². The fraction of sp³-hybridized carbons (Fsp3) is 0.750. The molecule has 0 amide bonds. The molecule has 0 bridgehead atoms. The lowest BCUT2D eigenvalue weighted by molar-refractivity contribution is 0.392. The molecule has 0 saturated carbocycles. The van der Waals surface area contributed by atoms with Gasteiger partial charge in [-0.15, -0.1) is 0 Å². The van der Waals surface area contributed by atoms with Gasteiger partial charge in [0.15, 0.2) is 0 Å². The van der Waals surface area contributed by atoms with Crippen molar-refractivity contribution in [1.82, 2.24) is 14.5 Å². The summed E-state index contributed by atoms with van der Waals surface area (Å²) < 4.78 is 29.5. The number of aromatic nitrogens is 2. The Bertz CT molecular complexity index is 554. The monoisotopic (exact) mass is 351 g/mol. The second-order valence-electron chi connectivity index (χ2n) is 5.08. The molecule has 7 heteroatoms. The van der Waals surface area contributed by atoms with Crippen molar-refractivity contribution in [2.24, 2.45) is 7.05 Å². The van der Waals surface area contributed by atoms with Gasteiger partial charge in [-0.1, -0.05) is 22.9 Å². The summed E-state index contributed by atoms with van der Waals surface area (Å²) >= 11 is 3.37. The Morgan fingerprint density at radius 1 is 1.42 bits per heavy atom. The molecule has 0 saturated heterocycles. The van der Waals surface area contributed by atoms with Crippen LogP contribution in [-0.4, -0.2) is 29.1 Å². The normalized spacial score (nSPS) is 15.5. The molecule has 0 radical (unpaired) electrons. The molecule has 0 fully saturated rings. The molecule has 19 heavy (non-hydrogen) atoms. The van der Waals surface area contributed by atoms with E-state index in [2.05, 4.69) is 25.8 Å². The van der Waals surface area contributed by atoms with Gasteiger partial charge in [-0.3, -0.25) is 4.68 Å². The van der Waals surface area contributed by atoms with Gasteiger partial charge in [-0.2, -0.15) is 5.10 Å². The second kappa shape index (κ2) is 5.93. The summed E-state index contributed by atoms with van der Waals surface area (Å²) in [7, 11) is -1.80. The van der Waals surface area contributed by atoms with Gasteiger partial charge >= 0.3 is 0 Å². The van der Waals surface area contributed by atoms with E-state index in [1.54, 1.807) is 25.6 Å². The maximum Gasteiger partial charge on any atom is 0.244 e. The number of hydrogen-bond acceptors (Lipinski definition) is 3. The zero-order chi connectivity index (χ0) is 14.8. The number of alkyl halides is 1. The van der Waals surface area contributed by atoms with Crippen LogP contribution in [0.2, 0.25) is 0 Å². The Kier molecular flexibility index (Phi) is 5.20. The Morgan fingerprint density at radius 3 is 2.37 bits per heavy atom. The first kappa shape index (κ1) is 16.7. The van der Waals surface area contributed by atoms with Gasteiger partial charge < -0.3 is 0 Å². The lowest BCUT2D eigenvalue weighted by atomic mass is 9.98. The van der Waals surface area contributed by atoms with Crippen LogP contribution in [-0.2, 0) is 17.1 Å². The summed E-state index contributed by atoms with van der Waals surface area (Å²) in [4.78, 5) is 0.296. The van der Waals surface area contributed by atoms with Gasteiger partial charge in [0.05, 0.1) is 11.4 Å². The highest BCUT2D eigenvalue weighted by molar-refractivity contribution is 9.09. The number of nitrogens with zero attached hydrogens (tertiary/aromatic N) is 2. The van der Waals surface area contributed by atoms with E-state index in [9.17, 15) is 8.42 Å². The van der Waals surface area contributed by atoms with Crippen molar-refractivity contribution in [1.29, 1.82) is 0 Å². The molecule has 0 aliphatic carbocycles. The number of halogens is 1. The van der Waals surface area contributed by atoms with Crippen molar-refractivity contribution >= 4 is 26.0 Å². The zero-order valence-corrected chi connectivity index (χ0v) is 14.5. The van der Waals surface area contributed by atoms with E-state index >= 15 is 0 Å². The third kappa shape index (κ3) is 3.58. The molecule has 1 rings (SSSR count). The van der Waals surface area contributed by atoms with Gasteiger partial charge in [-0.25, -0.2) is 13.1 Å². The quantitative estimate of drug-likeness (QED) is 0.799. The summed E-state index contributed by atoms with van der Waals surface area (Å²) in [5, 5.41) is 4.92. The Morgan fingerprint density at radius 2 is 2.00 bits per heavy atom. The number of rotatable bonds is 6. The molecular formula is C12H22BrN3O2S. The highest BCUT2D eigenvalue weighted by Crippen LogP contribution is 2.23. The summed E-state index contributed by atoms with van der Waals surface area (Å²) in [6.45, 7) is 7.39. The predicted octanol–water partition coefficient (Wildman–Crippen LogP) is 2.27. The van der Waals surface area contributed by atoms with Crippen molar-refractivity contribution in [3.8, 4) is 0 Å². The van der Waals surface area contributed by atoms with Crippen molar-refractivity contribution in [2.75, 3.05) is 5.33 Å². The van der Waals surface area contributed by atoms with Crippen LogP contribution >= 0.6 is 15.9 Å². The first-order valence-corrected chi connectivity index (χ1v) is 8.87. The molecule has 1 aromatic heterocycles. The Hall–Kier alpha value is -0.400. The van der Waals surface area contributed by atoms with E-state index in [0.29, 0.717) is 16.3 Å². The average Bonchev–Trinajstić information content (AvgIpc) is 2.53. The topological polar surface area (TPSA) is 64.0 Å². The van der Waals surface area contributed by atoms with E-state index in [0.717, 1.165) is 18.2 Å². The molecule has 0 aliphatic rings. The molecule has 1 heterocycles. The average molecular weight is 352 g/mol. The van der Waals surface area contributed by atoms with E-state index in [1.165, 1.54) is 0 Å². The zero-order valence-electron chi connectivity index (χ0n) is 12.1. The second-order valence-corrected chi connectivity index (χ2v) is 7.49. The van der Waals surface area contributed by atoms with Gasteiger partial charge in [-0.05, 0) is 33.6 Å². The lowest BCUT2D eigenvalue weighted by Gasteiger charge is -2.28. The van der Waals surface area contributed by atoms with Gasteiger partial charge in [0.2, 0.25) is 10.0 Å². The van der Waals surface area contributed by atoms with Crippen LogP contribution in [0.15, 0.2) is 4.90 Å². The summed E-state index contributed by atoms with van der Waals surface area (Å²) in [5.41, 5.74) is 0.740. The van der Waals surface area contributed by atoms with Gasteiger partial charge in [0, 0.05) is 17.9 Å². The first-order chi connectivity index (χ1) is 8.67. The molecule has 0 aromatic carbocycles. The molecular weight excluding hydrogens is 330 g/mol. The smallest absolute Gasteiger partial charge is 0.244 e. The summed E-state index contributed by atoms with van der Waals surface area (Å²) in [5.74, 6) is 0. The minimum atomic E-state index is -3.55. The van der Waals surface area contributed by atoms with E-state index in [1.807, 2.05) is 13.8 Å².